The van der Waals surface area contributed by atoms with E-state index in [1.807, 2.05) is 67.6 Å². The highest BCUT2D eigenvalue weighted by Gasteiger charge is 2.18. The molecule has 4 rings (SSSR count). The first-order chi connectivity index (χ1) is 14.1. The first kappa shape index (κ1) is 19.4. The zero-order chi connectivity index (χ0) is 20.2. The molecule has 29 heavy (non-hydrogen) atoms. The summed E-state index contributed by atoms with van der Waals surface area (Å²) < 4.78 is 3.23. The van der Waals surface area contributed by atoms with Gasteiger partial charge >= 0.3 is 0 Å². The first-order valence-corrected chi connectivity index (χ1v) is 10.4. The molecule has 0 aliphatic carbocycles. The van der Waals surface area contributed by atoms with Crippen LogP contribution in [0, 0.1) is 0 Å². The van der Waals surface area contributed by atoms with Crippen molar-refractivity contribution < 1.29 is 4.79 Å². The fraction of sp³-hybridized carbons (Fsp3) is 0.167. The van der Waals surface area contributed by atoms with Crippen LogP contribution in [0.15, 0.2) is 83.3 Å². The lowest BCUT2D eigenvalue weighted by Gasteiger charge is -2.17. The molecule has 4 nitrogen and oxygen atoms in total. The van der Waals surface area contributed by atoms with Crippen LogP contribution in [0.2, 0.25) is 0 Å². The number of carbonyl (C=O) groups is 1. The van der Waals surface area contributed by atoms with Crippen molar-refractivity contribution in [1.82, 2.24) is 14.9 Å². The zero-order valence-electron chi connectivity index (χ0n) is 16.2. The van der Waals surface area contributed by atoms with Gasteiger partial charge in [0.15, 0.2) is 0 Å². The number of aromatic nitrogens is 2. The summed E-state index contributed by atoms with van der Waals surface area (Å²) >= 11 is 3.55. The maximum absolute atomic E-state index is 12.6. The second kappa shape index (κ2) is 8.62. The van der Waals surface area contributed by atoms with E-state index < -0.39 is 0 Å². The lowest BCUT2D eigenvalue weighted by Crippen LogP contribution is -2.30. The second-order valence-corrected chi connectivity index (χ2v) is 8.04. The molecule has 1 atom stereocenters. The van der Waals surface area contributed by atoms with E-state index in [0.29, 0.717) is 13.0 Å². The maximum atomic E-state index is 12.6. The van der Waals surface area contributed by atoms with E-state index >= 15 is 0 Å². The van der Waals surface area contributed by atoms with Crippen molar-refractivity contribution in [2.45, 2.75) is 25.9 Å². The van der Waals surface area contributed by atoms with Crippen LogP contribution in [0.3, 0.4) is 0 Å². The van der Waals surface area contributed by atoms with Gasteiger partial charge in [0.05, 0.1) is 23.5 Å². The topological polar surface area (TPSA) is 46.9 Å². The Hall–Kier alpha value is -2.92. The number of hydrogen-bond acceptors (Lipinski definition) is 2. The fourth-order valence-electron chi connectivity index (χ4n) is 3.55. The van der Waals surface area contributed by atoms with Crippen molar-refractivity contribution in [3.8, 4) is 0 Å². The molecular weight excluding hydrogens is 426 g/mol. The highest BCUT2D eigenvalue weighted by atomic mass is 79.9. The van der Waals surface area contributed by atoms with Gasteiger partial charge in [0.1, 0.15) is 5.82 Å². The molecule has 0 radical (unpaired) electrons. The van der Waals surface area contributed by atoms with Crippen LogP contribution in [0.4, 0.5) is 0 Å². The van der Waals surface area contributed by atoms with E-state index in [1.54, 1.807) is 0 Å². The highest BCUT2D eigenvalue weighted by molar-refractivity contribution is 9.10. The Bertz CT molecular complexity index is 1140. The van der Waals surface area contributed by atoms with E-state index in [2.05, 4.69) is 44.0 Å². The number of hydrogen-bond donors (Lipinski definition) is 1. The summed E-state index contributed by atoms with van der Waals surface area (Å²) in [4.78, 5) is 17.4. The summed E-state index contributed by atoms with van der Waals surface area (Å²) in [7, 11) is 0. The average Bonchev–Trinajstić information content (AvgIpc) is 3.07. The molecule has 1 aromatic heterocycles. The SMILES string of the molecule is CC(NC(=O)Cc1ccccc1)c1nc2ccccc2n1Cc1cccc(Br)c1. The Kier molecular flexibility index (Phi) is 5.76. The molecule has 0 spiro atoms. The van der Waals surface area contributed by atoms with Crippen LogP contribution in [0.1, 0.15) is 29.9 Å². The third-order valence-corrected chi connectivity index (χ3v) is 5.38. The van der Waals surface area contributed by atoms with Crippen LogP contribution in [-0.4, -0.2) is 15.5 Å². The van der Waals surface area contributed by atoms with Gasteiger partial charge in [-0.15, -0.1) is 0 Å². The van der Waals surface area contributed by atoms with Crippen LogP contribution in [0.5, 0.6) is 0 Å². The number of rotatable bonds is 6. The van der Waals surface area contributed by atoms with Crippen molar-refractivity contribution in [2.24, 2.45) is 0 Å². The van der Waals surface area contributed by atoms with Crippen molar-refractivity contribution >= 4 is 32.9 Å². The van der Waals surface area contributed by atoms with Gasteiger partial charge in [0.2, 0.25) is 5.91 Å². The third kappa shape index (κ3) is 4.57. The molecule has 4 aromatic rings. The normalized spacial score (nSPS) is 12.1. The minimum absolute atomic E-state index is 0.00948. The Labute approximate surface area is 178 Å². The third-order valence-electron chi connectivity index (χ3n) is 4.89. The second-order valence-electron chi connectivity index (χ2n) is 7.13. The smallest absolute Gasteiger partial charge is 0.224 e. The van der Waals surface area contributed by atoms with E-state index in [1.165, 1.54) is 5.56 Å². The summed E-state index contributed by atoms with van der Waals surface area (Å²) in [5, 5.41) is 3.11. The van der Waals surface area contributed by atoms with Gasteiger partial charge in [-0.3, -0.25) is 4.79 Å². The number of nitrogens with zero attached hydrogens (tertiary/aromatic N) is 2. The van der Waals surface area contributed by atoms with Gasteiger partial charge in [0.25, 0.3) is 0 Å². The standard InChI is InChI=1S/C24H22BrN3O/c1-17(26-23(29)15-18-8-3-2-4-9-18)24-27-21-12-5-6-13-22(21)28(24)16-19-10-7-11-20(25)14-19/h2-14,17H,15-16H2,1H3,(H,26,29). The van der Waals surface area contributed by atoms with E-state index in [-0.39, 0.29) is 11.9 Å². The van der Waals surface area contributed by atoms with Gasteiger partial charge in [-0.2, -0.15) is 0 Å². The number of nitrogens with one attached hydrogen (secondary N) is 1. The predicted octanol–water partition coefficient (Wildman–Crippen LogP) is 5.27. The van der Waals surface area contributed by atoms with Crippen LogP contribution < -0.4 is 5.32 Å². The number of amides is 1. The van der Waals surface area contributed by atoms with Crippen LogP contribution >= 0.6 is 15.9 Å². The van der Waals surface area contributed by atoms with Gasteiger partial charge in [0, 0.05) is 11.0 Å². The molecule has 1 amide bonds. The summed E-state index contributed by atoms with van der Waals surface area (Å²) in [6.07, 6.45) is 0.358. The average molecular weight is 448 g/mol. The summed E-state index contributed by atoms with van der Waals surface area (Å²) in [5.74, 6) is 0.845. The molecule has 0 aliphatic rings. The van der Waals surface area contributed by atoms with Crippen molar-refractivity contribution in [3.63, 3.8) is 0 Å². The summed E-state index contributed by atoms with van der Waals surface area (Å²) in [6.45, 7) is 2.68. The molecule has 0 fully saturated rings. The Morgan fingerprint density at radius 1 is 1.00 bits per heavy atom. The minimum atomic E-state index is -0.203. The summed E-state index contributed by atoms with van der Waals surface area (Å²) in [6, 6.07) is 25.9. The number of carbonyl (C=O) groups excluding carboxylic acids is 1. The molecule has 5 heteroatoms. The molecule has 1 N–H and O–H groups in total. The molecule has 0 bridgehead atoms. The fourth-order valence-corrected chi connectivity index (χ4v) is 3.99. The lowest BCUT2D eigenvalue weighted by molar-refractivity contribution is -0.121. The van der Waals surface area contributed by atoms with E-state index in [4.69, 9.17) is 4.98 Å². The number of fused-ring (bicyclic) bond motifs is 1. The van der Waals surface area contributed by atoms with E-state index in [9.17, 15) is 4.79 Å². The molecule has 1 heterocycles. The largest absolute Gasteiger partial charge is 0.346 e. The van der Waals surface area contributed by atoms with Gasteiger partial charge in [-0.25, -0.2) is 4.98 Å². The minimum Gasteiger partial charge on any atom is -0.346 e. The first-order valence-electron chi connectivity index (χ1n) is 9.63. The van der Waals surface area contributed by atoms with Gasteiger partial charge in [-0.05, 0) is 42.3 Å². The van der Waals surface area contributed by atoms with E-state index in [0.717, 1.165) is 26.9 Å². The molecular formula is C24H22BrN3O. The lowest BCUT2D eigenvalue weighted by atomic mass is 10.1. The number of para-hydroxylation sites is 2. The Morgan fingerprint density at radius 3 is 2.52 bits per heavy atom. The number of benzene rings is 3. The quantitative estimate of drug-likeness (QED) is 0.437. The summed E-state index contributed by atoms with van der Waals surface area (Å²) in [5.41, 5.74) is 4.17. The Morgan fingerprint density at radius 2 is 1.72 bits per heavy atom. The predicted molar refractivity (Wildman–Crippen MR) is 120 cm³/mol. The molecule has 0 aliphatic heterocycles. The highest BCUT2D eigenvalue weighted by Crippen LogP contribution is 2.23. The molecule has 3 aromatic carbocycles. The molecule has 146 valence electrons. The number of imidazole rings is 1. The molecule has 0 saturated heterocycles. The zero-order valence-corrected chi connectivity index (χ0v) is 17.8. The molecule has 1 unspecified atom stereocenters. The van der Waals surface area contributed by atoms with Gasteiger partial charge < -0.3 is 9.88 Å². The van der Waals surface area contributed by atoms with Crippen LogP contribution in [-0.2, 0) is 17.8 Å². The maximum Gasteiger partial charge on any atom is 0.224 e. The Balaban J connectivity index is 1.61. The van der Waals surface area contributed by atoms with Crippen molar-refractivity contribution in [2.75, 3.05) is 0 Å². The molecule has 0 saturated carbocycles. The number of halogens is 1. The van der Waals surface area contributed by atoms with Crippen molar-refractivity contribution in [3.05, 3.63) is 100 Å². The monoisotopic (exact) mass is 447 g/mol. The van der Waals surface area contributed by atoms with Crippen molar-refractivity contribution in [1.29, 1.82) is 0 Å². The van der Waals surface area contributed by atoms with Gasteiger partial charge in [-0.1, -0.05) is 70.5 Å². The van der Waals surface area contributed by atoms with Crippen LogP contribution in [0.25, 0.3) is 11.0 Å².